The van der Waals surface area contributed by atoms with Crippen LogP contribution in [0.4, 0.5) is 5.82 Å². The summed E-state index contributed by atoms with van der Waals surface area (Å²) in [6, 6.07) is 5.00. The average molecular weight is 289 g/mol. The van der Waals surface area contributed by atoms with Crippen LogP contribution in [-0.2, 0) is 5.41 Å². The summed E-state index contributed by atoms with van der Waals surface area (Å²) in [5.74, 6) is 1.88. The van der Waals surface area contributed by atoms with E-state index in [4.69, 9.17) is 4.98 Å². The van der Waals surface area contributed by atoms with Crippen LogP contribution in [0.5, 0.6) is 0 Å². The SMILES string of the molecule is CC(C)NCC1CCCN(c2ccc(C(C)(C)C)cn2)C1. The van der Waals surface area contributed by atoms with Crippen molar-refractivity contribution < 1.29 is 0 Å². The quantitative estimate of drug-likeness (QED) is 0.918. The van der Waals surface area contributed by atoms with Crippen molar-refractivity contribution in [3.63, 3.8) is 0 Å². The van der Waals surface area contributed by atoms with Gasteiger partial charge in [-0.25, -0.2) is 4.98 Å². The molecule has 3 nitrogen and oxygen atoms in total. The largest absolute Gasteiger partial charge is 0.356 e. The van der Waals surface area contributed by atoms with Crippen molar-refractivity contribution in [3.05, 3.63) is 23.9 Å². The summed E-state index contributed by atoms with van der Waals surface area (Å²) in [5.41, 5.74) is 1.48. The Bertz CT molecular complexity index is 431. The molecular weight excluding hydrogens is 258 g/mol. The summed E-state index contributed by atoms with van der Waals surface area (Å²) in [4.78, 5) is 7.15. The molecule has 3 heteroatoms. The summed E-state index contributed by atoms with van der Waals surface area (Å²) in [6.45, 7) is 14.5. The van der Waals surface area contributed by atoms with E-state index < -0.39 is 0 Å². The Kier molecular flexibility index (Phi) is 5.26. The van der Waals surface area contributed by atoms with Gasteiger partial charge >= 0.3 is 0 Å². The van der Waals surface area contributed by atoms with Crippen molar-refractivity contribution in [2.75, 3.05) is 24.5 Å². The van der Waals surface area contributed by atoms with Gasteiger partial charge in [-0.1, -0.05) is 40.7 Å². The lowest BCUT2D eigenvalue weighted by Gasteiger charge is -2.34. The summed E-state index contributed by atoms with van der Waals surface area (Å²) in [6.07, 6.45) is 4.65. The Morgan fingerprint density at radius 1 is 1.33 bits per heavy atom. The molecule has 0 saturated carbocycles. The Hall–Kier alpha value is -1.09. The molecular formula is C18H31N3. The first-order valence-electron chi connectivity index (χ1n) is 8.31. The minimum absolute atomic E-state index is 0.178. The van der Waals surface area contributed by atoms with Gasteiger partial charge in [-0.3, -0.25) is 0 Å². The highest BCUT2D eigenvalue weighted by Crippen LogP contribution is 2.25. The van der Waals surface area contributed by atoms with Gasteiger partial charge in [0.1, 0.15) is 5.82 Å². The maximum atomic E-state index is 4.70. The van der Waals surface area contributed by atoms with Crippen LogP contribution in [0.3, 0.4) is 0 Å². The number of rotatable bonds is 4. The third-order valence-electron chi connectivity index (χ3n) is 4.27. The molecule has 0 spiro atoms. The molecule has 1 aromatic heterocycles. The van der Waals surface area contributed by atoms with E-state index in [1.807, 2.05) is 6.20 Å². The van der Waals surface area contributed by atoms with E-state index in [-0.39, 0.29) is 5.41 Å². The molecule has 1 N–H and O–H groups in total. The first kappa shape index (κ1) is 16.3. The highest BCUT2D eigenvalue weighted by molar-refractivity contribution is 5.41. The molecule has 0 bridgehead atoms. The van der Waals surface area contributed by atoms with Crippen LogP contribution < -0.4 is 10.2 Å². The number of hydrogen-bond donors (Lipinski definition) is 1. The first-order valence-corrected chi connectivity index (χ1v) is 8.31. The third kappa shape index (κ3) is 4.70. The molecule has 1 fully saturated rings. The average Bonchev–Trinajstić information content (AvgIpc) is 2.45. The fourth-order valence-electron chi connectivity index (χ4n) is 2.86. The molecule has 2 rings (SSSR count). The standard InChI is InChI=1S/C18H31N3/c1-14(2)19-11-15-7-6-10-21(13-15)17-9-8-16(12-20-17)18(3,4)5/h8-9,12,14-15,19H,6-7,10-11,13H2,1-5H3. The van der Waals surface area contributed by atoms with E-state index in [1.54, 1.807) is 0 Å². The van der Waals surface area contributed by atoms with Crippen LogP contribution in [0, 0.1) is 5.92 Å². The predicted molar refractivity (Wildman–Crippen MR) is 91.0 cm³/mol. The van der Waals surface area contributed by atoms with Crippen molar-refractivity contribution >= 4 is 5.82 Å². The van der Waals surface area contributed by atoms with Crippen molar-refractivity contribution in [3.8, 4) is 0 Å². The molecule has 0 aromatic carbocycles. The summed E-state index contributed by atoms with van der Waals surface area (Å²) >= 11 is 0. The minimum atomic E-state index is 0.178. The van der Waals surface area contributed by atoms with Gasteiger partial charge in [-0.15, -0.1) is 0 Å². The van der Waals surface area contributed by atoms with Gasteiger partial charge in [-0.05, 0) is 42.3 Å². The highest BCUT2D eigenvalue weighted by atomic mass is 15.2. The number of hydrogen-bond acceptors (Lipinski definition) is 3. The highest BCUT2D eigenvalue weighted by Gasteiger charge is 2.21. The maximum Gasteiger partial charge on any atom is 0.128 e. The van der Waals surface area contributed by atoms with Gasteiger partial charge in [0.15, 0.2) is 0 Å². The van der Waals surface area contributed by atoms with Crippen LogP contribution in [0.1, 0.15) is 53.0 Å². The molecule has 0 amide bonds. The van der Waals surface area contributed by atoms with Gasteiger partial charge < -0.3 is 10.2 Å². The molecule has 1 aliphatic rings. The lowest BCUT2D eigenvalue weighted by molar-refractivity contribution is 0.378. The molecule has 1 saturated heterocycles. The third-order valence-corrected chi connectivity index (χ3v) is 4.27. The van der Waals surface area contributed by atoms with E-state index in [2.05, 4.69) is 57.0 Å². The fraction of sp³-hybridized carbons (Fsp3) is 0.722. The Labute approximate surface area is 130 Å². The number of piperidine rings is 1. The molecule has 21 heavy (non-hydrogen) atoms. The van der Waals surface area contributed by atoms with E-state index in [0.717, 1.165) is 31.4 Å². The van der Waals surface area contributed by atoms with Crippen molar-refractivity contribution in [2.45, 2.75) is 58.9 Å². The fourth-order valence-corrected chi connectivity index (χ4v) is 2.86. The van der Waals surface area contributed by atoms with E-state index in [1.165, 1.54) is 18.4 Å². The zero-order valence-electron chi connectivity index (χ0n) is 14.3. The van der Waals surface area contributed by atoms with E-state index >= 15 is 0 Å². The topological polar surface area (TPSA) is 28.2 Å². The Morgan fingerprint density at radius 3 is 2.67 bits per heavy atom. The minimum Gasteiger partial charge on any atom is -0.356 e. The summed E-state index contributed by atoms with van der Waals surface area (Å²) in [5, 5.41) is 3.57. The number of pyridine rings is 1. The Morgan fingerprint density at radius 2 is 2.10 bits per heavy atom. The van der Waals surface area contributed by atoms with E-state index in [0.29, 0.717) is 6.04 Å². The van der Waals surface area contributed by atoms with Crippen LogP contribution >= 0.6 is 0 Å². The molecule has 1 atom stereocenters. The number of nitrogens with one attached hydrogen (secondary N) is 1. The first-order chi connectivity index (χ1) is 9.86. The monoisotopic (exact) mass is 289 g/mol. The van der Waals surface area contributed by atoms with Gasteiger partial charge in [-0.2, -0.15) is 0 Å². The van der Waals surface area contributed by atoms with Gasteiger partial charge in [0.25, 0.3) is 0 Å². The maximum absolute atomic E-state index is 4.70. The van der Waals surface area contributed by atoms with Crippen LogP contribution in [0.25, 0.3) is 0 Å². The van der Waals surface area contributed by atoms with Gasteiger partial charge in [0, 0.05) is 25.3 Å². The lowest BCUT2D eigenvalue weighted by atomic mass is 9.88. The molecule has 1 aliphatic heterocycles. The Balaban J connectivity index is 1.97. The molecule has 2 heterocycles. The second-order valence-corrected chi connectivity index (χ2v) is 7.67. The zero-order valence-corrected chi connectivity index (χ0v) is 14.3. The molecule has 0 radical (unpaired) electrons. The van der Waals surface area contributed by atoms with Crippen molar-refractivity contribution in [1.82, 2.24) is 10.3 Å². The van der Waals surface area contributed by atoms with Crippen molar-refractivity contribution in [2.24, 2.45) is 5.92 Å². The lowest BCUT2D eigenvalue weighted by Crippen LogP contribution is -2.41. The van der Waals surface area contributed by atoms with Crippen LogP contribution in [0.15, 0.2) is 18.3 Å². The molecule has 1 unspecified atom stereocenters. The predicted octanol–water partition coefficient (Wildman–Crippen LogP) is 3.59. The second-order valence-electron chi connectivity index (χ2n) is 7.67. The summed E-state index contributed by atoms with van der Waals surface area (Å²) in [7, 11) is 0. The van der Waals surface area contributed by atoms with Gasteiger partial charge in [0.05, 0.1) is 0 Å². The smallest absolute Gasteiger partial charge is 0.128 e. The van der Waals surface area contributed by atoms with Crippen molar-refractivity contribution in [1.29, 1.82) is 0 Å². The van der Waals surface area contributed by atoms with E-state index in [9.17, 15) is 0 Å². The van der Waals surface area contributed by atoms with Crippen LogP contribution in [-0.4, -0.2) is 30.7 Å². The molecule has 1 aromatic rings. The molecule has 118 valence electrons. The second kappa shape index (κ2) is 6.78. The molecule has 0 aliphatic carbocycles. The van der Waals surface area contributed by atoms with Crippen LogP contribution in [0.2, 0.25) is 0 Å². The summed E-state index contributed by atoms with van der Waals surface area (Å²) < 4.78 is 0. The zero-order chi connectivity index (χ0) is 15.5. The number of aromatic nitrogens is 1. The number of nitrogens with zero attached hydrogens (tertiary/aromatic N) is 2. The van der Waals surface area contributed by atoms with Gasteiger partial charge in [0.2, 0.25) is 0 Å². The normalized spacial score (nSPS) is 20.1. The number of anilines is 1.